The fourth-order valence-electron chi connectivity index (χ4n) is 1.56. The molecule has 1 aliphatic heterocycles. The summed E-state index contributed by atoms with van der Waals surface area (Å²) in [6, 6.07) is 0. The SMILES string of the molecule is CCC1=CC(=O)N(CCOC(=O)CCC(=O)O)C1=O. The average molecular weight is 269 g/mol. The molecular weight excluding hydrogens is 254 g/mol. The molecule has 0 aliphatic carbocycles. The third-order valence-corrected chi connectivity index (χ3v) is 2.59. The molecule has 2 amide bonds. The Labute approximate surface area is 109 Å². The number of aliphatic carboxylic acids is 1. The number of carbonyl (C=O) groups is 4. The van der Waals surface area contributed by atoms with E-state index >= 15 is 0 Å². The second kappa shape index (κ2) is 6.67. The van der Waals surface area contributed by atoms with Gasteiger partial charge in [0, 0.05) is 11.6 Å². The predicted octanol–water partition coefficient (Wildman–Crippen LogP) is 0.0996. The first-order chi connectivity index (χ1) is 8.95. The van der Waals surface area contributed by atoms with Crippen LogP contribution in [0.1, 0.15) is 26.2 Å². The fourth-order valence-corrected chi connectivity index (χ4v) is 1.56. The monoisotopic (exact) mass is 269 g/mol. The summed E-state index contributed by atoms with van der Waals surface area (Å²) < 4.78 is 4.75. The van der Waals surface area contributed by atoms with Crippen LogP contribution in [0, 0.1) is 0 Å². The van der Waals surface area contributed by atoms with Crippen LogP contribution in [0.3, 0.4) is 0 Å². The number of nitrogens with zero attached hydrogens (tertiary/aromatic N) is 1. The Balaban J connectivity index is 2.31. The molecule has 7 heteroatoms. The summed E-state index contributed by atoms with van der Waals surface area (Å²) in [6.45, 7) is 1.63. The number of hydrogen-bond acceptors (Lipinski definition) is 5. The van der Waals surface area contributed by atoms with E-state index < -0.39 is 17.8 Å². The van der Waals surface area contributed by atoms with Crippen LogP contribution in [-0.2, 0) is 23.9 Å². The molecule has 1 heterocycles. The van der Waals surface area contributed by atoms with E-state index in [4.69, 9.17) is 9.84 Å². The molecule has 0 saturated heterocycles. The molecule has 19 heavy (non-hydrogen) atoms. The lowest BCUT2D eigenvalue weighted by molar-refractivity contribution is -0.149. The number of carbonyl (C=O) groups excluding carboxylic acids is 3. The summed E-state index contributed by atoms with van der Waals surface area (Å²) in [7, 11) is 0. The minimum Gasteiger partial charge on any atom is -0.481 e. The summed E-state index contributed by atoms with van der Waals surface area (Å²) in [6.07, 6.45) is 1.21. The molecule has 0 atom stereocenters. The highest BCUT2D eigenvalue weighted by Gasteiger charge is 2.29. The van der Waals surface area contributed by atoms with E-state index in [0.717, 1.165) is 4.90 Å². The smallest absolute Gasteiger partial charge is 0.306 e. The average Bonchev–Trinajstić information content (AvgIpc) is 2.63. The zero-order chi connectivity index (χ0) is 14.4. The Kier molecular flexibility index (Phi) is 5.23. The maximum atomic E-state index is 11.7. The van der Waals surface area contributed by atoms with Crippen molar-refractivity contribution in [1.29, 1.82) is 0 Å². The van der Waals surface area contributed by atoms with E-state index in [-0.39, 0.29) is 31.9 Å². The quantitative estimate of drug-likeness (QED) is 0.519. The Morgan fingerprint density at radius 1 is 1.32 bits per heavy atom. The lowest BCUT2D eigenvalue weighted by atomic mass is 10.2. The first kappa shape index (κ1) is 14.9. The minimum absolute atomic E-state index is 0.0174. The predicted molar refractivity (Wildman–Crippen MR) is 62.9 cm³/mol. The second-order valence-electron chi connectivity index (χ2n) is 3.93. The van der Waals surface area contributed by atoms with E-state index in [1.807, 2.05) is 0 Å². The first-order valence-electron chi connectivity index (χ1n) is 5.89. The largest absolute Gasteiger partial charge is 0.481 e. The number of imide groups is 1. The Morgan fingerprint density at radius 3 is 2.53 bits per heavy atom. The summed E-state index contributed by atoms with van der Waals surface area (Å²) in [5, 5.41) is 8.37. The van der Waals surface area contributed by atoms with Gasteiger partial charge in [0.2, 0.25) is 0 Å². The highest BCUT2D eigenvalue weighted by atomic mass is 16.5. The van der Waals surface area contributed by atoms with Crippen molar-refractivity contribution in [2.45, 2.75) is 26.2 Å². The topological polar surface area (TPSA) is 101 Å². The number of esters is 1. The van der Waals surface area contributed by atoms with Crippen LogP contribution in [0.4, 0.5) is 0 Å². The molecule has 0 fully saturated rings. The molecule has 7 nitrogen and oxygen atoms in total. The molecule has 0 unspecified atom stereocenters. The van der Waals surface area contributed by atoms with E-state index in [1.165, 1.54) is 6.08 Å². The molecule has 0 aromatic carbocycles. The zero-order valence-corrected chi connectivity index (χ0v) is 10.5. The maximum Gasteiger partial charge on any atom is 0.306 e. The molecule has 0 bridgehead atoms. The van der Waals surface area contributed by atoms with Crippen molar-refractivity contribution < 1.29 is 29.0 Å². The van der Waals surface area contributed by atoms with Crippen LogP contribution in [0.2, 0.25) is 0 Å². The molecule has 0 spiro atoms. The molecule has 1 N–H and O–H groups in total. The van der Waals surface area contributed by atoms with Crippen LogP contribution in [0.5, 0.6) is 0 Å². The van der Waals surface area contributed by atoms with E-state index in [1.54, 1.807) is 6.92 Å². The van der Waals surface area contributed by atoms with Crippen LogP contribution in [0.15, 0.2) is 11.6 Å². The van der Waals surface area contributed by atoms with Gasteiger partial charge >= 0.3 is 11.9 Å². The van der Waals surface area contributed by atoms with Gasteiger partial charge in [-0.25, -0.2) is 0 Å². The van der Waals surface area contributed by atoms with Crippen molar-refractivity contribution in [2.24, 2.45) is 0 Å². The van der Waals surface area contributed by atoms with Crippen LogP contribution in [0.25, 0.3) is 0 Å². The molecule has 0 saturated carbocycles. The fraction of sp³-hybridized carbons (Fsp3) is 0.500. The third-order valence-electron chi connectivity index (χ3n) is 2.59. The number of carboxylic acids is 1. The summed E-state index contributed by atoms with van der Waals surface area (Å²) in [5.41, 5.74) is 0.433. The van der Waals surface area contributed by atoms with Gasteiger partial charge in [0.05, 0.1) is 19.4 Å². The molecule has 1 rings (SSSR count). The van der Waals surface area contributed by atoms with Gasteiger partial charge in [-0.2, -0.15) is 0 Å². The lowest BCUT2D eigenvalue weighted by Gasteiger charge is -2.14. The van der Waals surface area contributed by atoms with Gasteiger partial charge in [0.15, 0.2) is 0 Å². The summed E-state index contributed by atoms with van der Waals surface area (Å²) in [5.74, 6) is -2.53. The number of carboxylic acid groups (broad SMARTS) is 1. The Hall–Kier alpha value is -2.18. The normalized spacial score (nSPS) is 14.6. The summed E-state index contributed by atoms with van der Waals surface area (Å²) in [4.78, 5) is 45.5. The van der Waals surface area contributed by atoms with Crippen LogP contribution in [-0.4, -0.2) is 46.9 Å². The van der Waals surface area contributed by atoms with Crippen molar-refractivity contribution in [3.8, 4) is 0 Å². The van der Waals surface area contributed by atoms with Gasteiger partial charge in [0.1, 0.15) is 6.61 Å². The van der Waals surface area contributed by atoms with Crippen molar-refractivity contribution in [3.05, 3.63) is 11.6 Å². The number of rotatable bonds is 7. The molecular formula is C12H15NO6. The van der Waals surface area contributed by atoms with Crippen molar-refractivity contribution in [3.63, 3.8) is 0 Å². The van der Waals surface area contributed by atoms with Gasteiger partial charge in [0.25, 0.3) is 11.8 Å². The van der Waals surface area contributed by atoms with Crippen LogP contribution < -0.4 is 0 Å². The van der Waals surface area contributed by atoms with Crippen molar-refractivity contribution >= 4 is 23.8 Å². The molecule has 104 valence electrons. The van der Waals surface area contributed by atoms with Crippen molar-refractivity contribution in [2.75, 3.05) is 13.2 Å². The molecule has 0 radical (unpaired) electrons. The number of ether oxygens (including phenoxy) is 1. The van der Waals surface area contributed by atoms with Gasteiger partial charge in [-0.05, 0) is 6.42 Å². The number of amides is 2. The highest BCUT2D eigenvalue weighted by molar-refractivity contribution is 6.16. The van der Waals surface area contributed by atoms with Crippen LogP contribution >= 0.6 is 0 Å². The molecule has 0 aromatic heterocycles. The maximum absolute atomic E-state index is 11.7. The van der Waals surface area contributed by atoms with E-state index in [0.29, 0.717) is 12.0 Å². The van der Waals surface area contributed by atoms with E-state index in [9.17, 15) is 19.2 Å². The Bertz CT molecular complexity index is 440. The van der Waals surface area contributed by atoms with Gasteiger partial charge in [-0.1, -0.05) is 6.92 Å². The second-order valence-corrected chi connectivity index (χ2v) is 3.93. The van der Waals surface area contributed by atoms with Gasteiger partial charge < -0.3 is 9.84 Å². The lowest BCUT2D eigenvalue weighted by Crippen LogP contribution is -2.34. The summed E-state index contributed by atoms with van der Waals surface area (Å²) >= 11 is 0. The van der Waals surface area contributed by atoms with E-state index in [2.05, 4.69) is 0 Å². The zero-order valence-electron chi connectivity index (χ0n) is 10.5. The van der Waals surface area contributed by atoms with Crippen molar-refractivity contribution in [1.82, 2.24) is 4.90 Å². The molecule has 0 aromatic rings. The minimum atomic E-state index is -1.08. The Morgan fingerprint density at radius 2 is 2.00 bits per heavy atom. The van der Waals surface area contributed by atoms with Gasteiger partial charge in [-0.3, -0.25) is 24.1 Å². The first-order valence-corrected chi connectivity index (χ1v) is 5.89. The third kappa shape index (κ3) is 4.20. The number of hydrogen-bond donors (Lipinski definition) is 1. The van der Waals surface area contributed by atoms with Gasteiger partial charge in [-0.15, -0.1) is 0 Å². The molecule has 1 aliphatic rings. The highest BCUT2D eigenvalue weighted by Crippen LogP contribution is 2.15. The standard InChI is InChI=1S/C12H15NO6/c1-2-8-7-9(14)13(12(8)18)5-6-19-11(17)4-3-10(15)16/h7H,2-6H2,1H3,(H,15,16).